The molecule has 116 valence electrons. The third-order valence-electron chi connectivity index (χ3n) is 5.74. The molecule has 3 fully saturated rings. The molecule has 0 bridgehead atoms. The molecule has 0 aromatic carbocycles. The Morgan fingerprint density at radius 1 is 0.850 bits per heavy atom. The molecule has 2 aliphatic carbocycles. The van der Waals surface area contributed by atoms with Crippen LogP contribution in [0.2, 0.25) is 0 Å². The summed E-state index contributed by atoms with van der Waals surface area (Å²) < 4.78 is 0. The smallest absolute Gasteiger partial charge is 0.0222 e. The summed E-state index contributed by atoms with van der Waals surface area (Å²) in [6.07, 6.45) is 11.6. The zero-order chi connectivity index (χ0) is 13.8. The zero-order valence-corrected chi connectivity index (χ0v) is 13.1. The fourth-order valence-electron chi connectivity index (χ4n) is 4.18. The molecule has 1 unspecified atom stereocenters. The fourth-order valence-corrected chi connectivity index (χ4v) is 4.18. The van der Waals surface area contributed by atoms with Gasteiger partial charge in [0.05, 0.1) is 0 Å². The van der Waals surface area contributed by atoms with Crippen LogP contribution in [-0.4, -0.2) is 55.1 Å². The lowest BCUT2D eigenvalue weighted by atomic mass is 9.84. The topological polar surface area (TPSA) is 32.5 Å². The van der Waals surface area contributed by atoms with Crippen LogP contribution < -0.4 is 5.73 Å². The van der Waals surface area contributed by atoms with Crippen LogP contribution in [0.4, 0.5) is 0 Å². The number of hydrogen-bond acceptors (Lipinski definition) is 3. The Labute approximate surface area is 124 Å². The minimum atomic E-state index is 0.654. The molecular formula is C17H33N3. The van der Waals surface area contributed by atoms with Crippen LogP contribution in [0.3, 0.4) is 0 Å². The molecule has 1 saturated heterocycles. The van der Waals surface area contributed by atoms with Gasteiger partial charge in [-0.3, -0.25) is 4.90 Å². The first-order chi connectivity index (χ1) is 9.85. The lowest BCUT2D eigenvalue weighted by molar-refractivity contribution is 0.0815. The van der Waals surface area contributed by atoms with E-state index in [1.165, 1.54) is 84.1 Å². The summed E-state index contributed by atoms with van der Waals surface area (Å²) in [5, 5.41) is 0. The largest absolute Gasteiger partial charge is 0.329 e. The Bertz CT molecular complexity index is 276. The van der Waals surface area contributed by atoms with Gasteiger partial charge >= 0.3 is 0 Å². The molecule has 3 nitrogen and oxygen atoms in total. The highest BCUT2D eigenvalue weighted by atomic mass is 15.3. The molecule has 20 heavy (non-hydrogen) atoms. The maximum Gasteiger partial charge on any atom is 0.0222 e. The van der Waals surface area contributed by atoms with E-state index in [1.807, 2.05) is 0 Å². The molecule has 2 N–H and O–H groups in total. The molecule has 1 aliphatic heterocycles. The third-order valence-corrected chi connectivity index (χ3v) is 5.74. The Kier molecular flexibility index (Phi) is 5.36. The summed E-state index contributed by atoms with van der Waals surface area (Å²) >= 11 is 0. The Balaban J connectivity index is 1.41. The molecule has 0 aromatic heterocycles. The highest BCUT2D eigenvalue weighted by Gasteiger charge is 2.29. The second-order valence-electron chi connectivity index (χ2n) is 7.41. The maximum atomic E-state index is 6.09. The van der Waals surface area contributed by atoms with Gasteiger partial charge in [0.15, 0.2) is 0 Å². The number of piperazine rings is 1. The Morgan fingerprint density at radius 3 is 2.15 bits per heavy atom. The van der Waals surface area contributed by atoms with E-state index < -0.39 is 0 Å². The number of rotatable bonds is 6. The normalized spacial score (nSPS) is 28.6. The first-order valence-corrected chi connectivity index (χ1v) is 9.01. The summed E-state index contributed by atoms with van der Waals surface area (Å²) in [6.45, 7) is 7.28. The van der Waals surface area contributed by atoms with Crippen molar-refractivity contribution in [2.24, 2.45) is 17.6 Å². The molecule has 0 radical (unpaired) electrons. The van der Waals surface area contributed by atoms with Crippen molar-refractivity contribution in [3.63, 3.8) is 0 Å². The molecule has 0 spiro atoms. The third kappa shape index (κ3) is 4.19. The highest BCUT2D eigenvalue weighted by molar-refractivity contribution is 4.84. The van der Waals surface area contributed by atoms with Crippen molar-refractivity contribution in [3.8, 4) is 0 Å². The maximum absolute atomic E-state index is 6.09. The van der Waals surface area contributed by atoms with Crippen LogP contribution >= 0.6 is 0 Å². The Hall–Kier alpha value is -0.120. The van der Waals surface area contributed by atoms with Crippen LogP contribution in [0.1, 0.15) is 51.4 Å². The number of hydrogen-bond donors (Lipinski definition) is 1. The van der Waals surface area contributed by atoms with Gasteiger partial charge < -0.3 is 10.6 Å². The van der Waals surface area contributed by atoms with Crippen molar-refractivity contribution in [1.82, 2.24) is 9.80 Å². The summed E-state index contributed by atoms with van der Waals surface area (Å²) in [4.78, 5) is 5.38. The van der Waals surface area contributed by atoms with E-state index in [4.69, 9.17) is 5.73 Å². The van der Waals surface area contributed by atoms with Crippen LogP contribution in [0.15, 0.2) is 0 Å². The van der Waals surface area contributed by atoms with Gasteiger partial charge in [-0.05, 0) is 31.1 Å². The predicted molar refractivity (Wildman–Crippen MR) is 84.8 cm³/mol. The molecule has 3 rings (SSSR count). The van der Waals surface area contributed by atoms with E-state index in [0.717, 1.165) is 18.4 Å². The first-order valence-electron chi connectivity index (χ1n) is 9.01. The van der Waals surface area contributed by atoms with Gasteiger partial charge in [0.1, 0.15) is 0 Å². The average Bonchev–Trinajstić information content (AvgIpc) is 3.31. The van der Waals surface area contributed by atoms with Gasteiger partial charge in [0, 0.05) is 45.3 Å². The standard InChI is InChI=1S/C17H33N3/c18-13-17(12-15-4-2-1-3-5-15)20-10-8-19(9-11-20)14-16-6-7-16/h15-17H,1-14,18H2. The van der Waals surface area contributed by atoms with E-state index in [0.29, 0.717) is 6.04 Å². The van der Waals surface area contributed by atoms with Crippen molar-refractivity contribution in [2.75, 3.05) is 39.3 Å². The Morgan fingerprint density at radius 2 is 1.55 bits per heavy atom. The molecule has 1 atom stereocenters. The second-order valence-corrected chi connectivity index (χ2v) is 7.41. The van der Waals surface area contributed by atoms with Gasteiger partial charge in [-0.15, -0.1) is 0 Å². The molecule has 0 aromatic rings. The van der Waals surface area contributed by atoms with Crippen LogP contribution in [0.25, 0.3) is 0 Å². The van der Waals surface area contributed by atoms with Crippen molar-refractivity contribution in [3.05, 3.63) is 0 Å². The lowest BCUT2D eigenvalue weighted by Crippen LogP contribution is -2.53. The number of nitrogens with zero attached hydrogens (tertiary/aromatic N) is 2. The van der Waals surface area contributed by atoms with Crippen LogP contribution in [0.5, 0.6) is 0 Å². The van der Waals surface area contributed by atoms with Crippen molar-refractivity contribution in [1.29, 1.82) is 0 Å². The lowest BCUT2D eigenvalue weighted by Gasteiger charge is -2.40. The van der Waals surface area contributed by atoms with Crippen LogP contribution in [-0.2, 0) is 0 Å². The van der Waals surface area contributed by atoms with Gasteiger partial charge in [-0.2, -0.15) is 0 Å². The van der Waals surface area contributed by atoms with E-state index in [1.54, 1.807) is 0 Å². The van der Waals surface area contributed by atoms with Crippen molar-refractivity contribution in [2.45, 2.75) is 57.4 Å². The SMILES string of the molecule is NCC(CC1CCCCC1)N1CCN(CC2CC2)CC1. The van der Waals surface area contributed by atoms with Gasteiger partial charge in [0.2, 0.25) is 0 Å². The van der Waals surface area contributed by atoms with Gasteiger partial charge in [0.25, 0.3) is 0 Å². The van der Waals surface area contributed by atoms with E-state index in [-0.39, 0.29) is 0 Å². The monoisotopic (exact) mass is 279 g/mol. The molecule has 1 heterocycles. The first kappa shape index (κ1) is 14.8. The summed E-state index contributed by atoms with van der Waals surface area (Å²) in [6, 6.07) is 0.654. The average molecular weight is 279 g/mol. The van der Waals surface area contributed by atoms with Crippen molar-refractivity contribution >= 4 is 0 Å². The van der Waals surface area contributed by atoms with E-state index >= 15 is 0 Å². The zero-order valence-electron chi connectivity index (χ0n) is 13.1. The molecule has 3 aliphatic rings. The molecular weight excluding hydrogens is 246 g/mol. The van der Waals surface area contributed by atoms with E-state index in [9.17, 15) is 0 Å². The number of nitrogens with two attached hydrogens (primary N) is 1. The van der Waals surface area contributed by atoms with Crippen molar-refractivity contribution < 1.29 is 0 Å². The fraction of sp³-hybridized carbons (Fsp3) is 1.00. The predicted octanol–water partition coefficient (Wildman–Crippen LogP) is 2.31. The molecule has 3 heteroatoms. The molecule has 2 saturated carbocycles. The van der Waals surface area contributed by atoms with Gasteiger partial charge in [-0.25, -0.2) is 0 Å². The summed E-state index contributed by atoms with van der Waals surface area (Å²) in [5.74, 6) is 2.00. The summed E-state index contributed by atoms with van der Waals surface area (Å²) in [7, 11) is 0. The molecule has 0 amide bonds. The van der Waals surface area contributed by atoms with Crippen LogP contribution in [0, 0.1) is 11.8 Å². The second kappa shape index (κ2) is 7.24. The highest BCUT2D eigenvalue weighted by Crippen LogP contribution is 2.31. The summed E-state index contributed by atoms with van der Waals surface area (Å²) in [5.41, 5.74) is 6.09. The minimum absolute atomic E-state index is 0.654. The van der Waals surface area contributed by atoms with Gasteiger partial charge in [-0.1, -0.05) is 32.1 Å². The minimum Gasteiger partial charge on any atom is -0.329 e. The van der Waals surface area contributed by atoms with E-state index in [2.05, 4.69) is 9.80 Å². The quantitative estimate of drug-likeness (QED) is 0.810.